The lowest BCUT2D eigenvalue weighted by Gasteiger charge is -2.30. The van der Waals surface area contributed by atoms with Crippen LogP contribution in [0.1, 0.15) is 51.5 Å². The van der Waals surface area contributed by atoms with E-state index in [1.54, 1.807) is 6.07 Å². The first-order valence-electron chi connectivity index (χ1n) is 7.03. The van der Waals surface area contributed by atoms with Gasteiger partial charge in [0.1, 0.15) is 5.82 Å². The van der Waals surface area contributed by atoms with Gasteiger partial charge in [0.2, 0.25) is 0 Å². The number of benzene rings is 1. The number of hydrogen-bond acceptors (Lipinski definition) is 1. The molecule has 1 aromatic rings. The highest BCUT2D eigenvalue weighted by Crippen LogP contribution is 2.39. The van der Waals surface area contributed by atoms with E-state index in [2.05, 4.69) is 29.8 Å². The quantitative estimate of drug-likeness (QED) is 0.774. The summed E-state index contributed by atoms with van der Waals surface area (Å²) in [6, 6.07) is 5.21. The van der Waals surface area contributed by atoms with Gasteiger partial charge in [-0.3, -0.25) is 0 Å². The molecule has 1 aliphatic rings. The third-order valence-corrected chi connectivity index (χ3v) is 5.29. The van der Waals surface area contributed by atoms with E-state index in [-0.39, 0.29) is 11.4 Å². The van der Waals surface area contributed by atoms with Gasteiger partial charge >= 0.3 is 0 Å². The molecule has 1 atom stereocenters. The van der Waals surface area contributed by atoms with Crippen molar-refractivity contribution in [2.45, 2.75) is 57.9 Å². The number of hydrogen-bond donors (Lipinski definition) is 1. The first-order chi connectivity index (χ1) is 8.81. The van der Waals surface area contributed by atoms with Crippen LogP contribution in [0.2, 0.25) is 0 Å². The Morgan fingerprint density at radius 1 is 1.21 bits per heavy atom. The maximum Gasteiger partial charge on any atom is 0.137 e. The Bertz CT molecular complexity index is 458. The van der Waals surface area contributed by atoms with Gasteiger partial charge in [-0.05, 0) is 65.1 Å². The molecule has 0 saturated heterocycles. The van der Waals surface area contributed by atoms with Gasteiger partial charge in [0.05, 0.1) is 4.47 Å². The van der Waals surface area contributed by atoms with E-state index < -0.39 is 0 Å². The predicted octanol–water partition coefficient (Wildman–Crippen LogP) is 4.82. The van der Waals surface area contributed by atoms with Crippen molar-refractivity contribution in [3.8, 4) is 0 Å². The lowest BCUT2D eigenvalue weighted by molar-refractivity contribution is 0.297. The maximum absolute atomic E-state index is 13.6. The van der Waals surface area contributed by atoms with Gasteiger partial charge in [0, 0.05) is 5.54 Å². The summed E-state index contributed by atoms with van der Waals surface area (Å²) in [4.78, 5) is 0. The van der Waals surface area contributed by atoms with Crippen molar-refractivity contribution in [2.75, 3.05) is 0 Å². The van der Waals surface area contributed by atoms with E-state index in [1.165, 1.54) is 12.5 Å². The molecule has 0 spiro atoms. The lowest BCUT2D eigenvalue weighted by Crippen LogP contribution is -2.41. The molecule has 1 nitrogen and oxygen atoms in total. The molecule has 1 fully saturated rings. The third kappa shape index (κ3) is 3.79. The third-order valence-electron chi connectivity index (χ3n) is 4.40. The van der Waals surface area contributed by atoms with E-state index >= 15 is 0 Å². The normalized spacial score (nSPS) is 27.0. The molecule has 19 heavy (non-hydrogen) atoms. The summed E-state index contributed by atoms with van der Waals surface area (Å²) >= 11 is 3.34. The summed E-state index contributed by atoms with van der Waals surface area (Å²) < 4.78 is 14.1. The van der Waals surface area contributed by atoms with Crippen LogP contribution >= 0.6 is 15.9 Å². The van der Waals surface area contributed by atoms with Gasteiger partial charge in [-0.1, -0.05) is 32.4 Å². The van der Waals surface area contributed by atoms with Gasteiger partial charge in [0.15, 0.2) is 0 Å². The van der Waals surface area contributed by atoms with Crippen LogP contribution in [0.25, 0.3) is 0 Å². The largest absolute Gasteiger partial charge is 0.325 e. The molecule has 0 heterocycles. The van der Waals surface area contributed by atoms with Crippen molar-refractivity contribution >= 4 is 15.9 Å². The van der Waals surface area contributed by atoms with E-state index in [1.807, 2.05) is 6.07 Å². The maximum atomic E-state index is 13.6. The van der Waals surface area contributed by atoms with Crippen LogP contribution in [-0.4, -0.2) is 5.54 Å². The van der Waals surface area contributed by atoms with Gasteiger partial charge in [-0.2, -0.15) is 0 Å². The molecule has 0 amide bonds. The molecule has 106 valence electrons. The van der Waals surface area contributed by atoms with Crippen LogP contribution in [0.15, 0.2) is 22.7 Å². The van der Waals surface area contributed by atoms with Crippen LogP contribution in [-0.2, 0) is 6.42 Å². The minimum Gasteiger partial charge on any atom is -0.325 e. The Kier molecular flexibility index (Phi) is 4.36. The standard InChI is InChI=1S/C16H23BrFN/c1-15(2)7-4-8-16(19,10-9-15)11-12-5-3-6-13(18)14(12)17/h3,5-6H,4,7-11,19H2,1-2H3. The fourth-order valence-electron chi connectivity index (χ4n) is 3.00. The second kappa shape index (κ2) is 5.53. The van der Waals surface area contributed by atoms with E-state index in [4.69, 9.17) is 5.73 Å². The molecule has 0 bridgehead atoms. The smallest absolute Gasteiger partial charge is 0.137 e. The predicted molar refractivity (Wildman–Crippen MR) is 81.6 cm³/mol. The van der Waals surface area contributed by atoms with Crippen molar-refractivity contribution in [2.24, 2.45) is 11.1 Å². The van der Waals surface area contributed by atoms with Crippen LogP contribution < -0.4 is 5.73 Å². The Labute approximate surface area is 123 Å². The average molecular weight is 328 g/mol. The highest BCUT2D eigenvalue weighted by atomic mass is 79.9. The highest BCUT2D eigenvalue weighted by Gasteiger charge is 2.33. The summed E-state index contributed by atoms with van der Waals surface area (Å²) in [5.74, 6) is -0.199. The monoisotopic (exact) mass is 327 g/mol. The van der Waals surface area contributed by atoms with Crippen molar-refractivity contribution < 1.29 is 4.39 Å². The first kappa shape index (κ1) is 15.0. The zero-order valence-electron chi connectivity index (χ0n) is 11.8. The molecule has 2 N–H and O–H groups in total. The topological polar surface area (TPSA) is 26.0 Å². The van der Waals surface area contributed by atoms with Gasteiger partial charge < -0.3 is 5.73 Å². The molecular weight excluding hydrogens is 305 g/mol. The molecule has 1 aromatic carbocycles. The second-order valence-electron chi connectivity index (χ2n) is 6.77. The molecule has 1 unspecified atom stereocenters. The minimum atomic E-state index is -0.199. The molecule has 1 aliphatic carbocycles. The first-order valence-corrected chi connectivity index (χ1v) is 7.82. The van der Waals surface area contributed by atoms with Gasteiger partial charge in [-0.25, -0.2) is 4.39 Å². The summed E-state index contributed by atoms with van der Waals surface area (Å²) in [7, 11) is 0. The van der Waals surface area contributed by atoms with Crippen molar-refractivity contribution in [1.82, 2.24) is 0 Å². The van der Waals surface area contributed by atoms with Crippen LogP contribution in [0.3, 0.4) is 0 Å². The summed E-state index contributed by atoms with van der Waals surface area (Å²) in [5.41, 5.74) is 7.77. The van der Waals surface area contributed by atoms with Crippen LogP contribution in [0.5, 0.6) is 0 Å². The van der Waals surface area contributed by atoms with Crippen molar-refractivity contribution in [1.29, 1.82) is 0 Å². The molecule has 1 saturated carbocycles. The molecule has 0 radical (unpaired) electrons. The summed E-state index contributed by atoms with van der Waals surface area (Å²) in [6.45, 7) is 4.63. The molecular formula is C16H23BrFN. The average Bonchev–Trinajstić information content (AvgIpc) is 2.45. The van der Waals surface area contributed by atoms with E-state index in [0.29, 0.717) is 9.89 Å². The Hall–Kier alpha value is -0.410. The molecule has 0 aromatic heterocycles. The second-order valence-corrected chi connectivity index (χ2v) is 7.56. The Morgan fingerprint density at radius 2 is 1.95 bits per heavy atom. The molecule has 2 rings (SSSR count). The van der Waals surface area contributed by atoms with Gasteiger partial charge in [-0.15, -0.1) is 0 Å². The zero-order chi connectivity index (χ0) is 14.1. The highest BCUT2D eigenvalue weighted by molar-refractivity contribution is 9.10. The van der Waals surface area contributed by atoms with Crippen LogP contribution in [0.4, 0.5) is 4.39 Å². The Morgan fingerprint density at radius 3 is 2.68 bits per heavy atom. The van der Waals surface area contributed by atoms with Crippen molar-refractivity contribution in [3.63, 3.8) is 0 Å². The number of nitrogens with two attached hydrogens (primary N) is 1. The SMILES string of the molecule is CC1(C)CCCC(N)(Cc2cccc(F)c2Br)CC1. The minimum absolute atomic E-state index is 0.190. The Balaban J connectivity index is 2.15. The van der Waals surface area contributed by atoms with E-state index in [9.17, 15) is 4.39 Å². The summed E-state index contributed by atoms with van der Waals surface area (Å²) in [5, 5.41) is 0. The zero-order valence-corrected chi connectivity index (χ0v) is 13.4. The summed E-state index contributed by atoms with van der Waals surface area (Å²) in [6.07, 6.45) is 6.34. The number of halogens is 2. The fourth-order valence-corrected chi connectivity index (χ4v) is 3.40. The molecule has 0 aliphatic heterocycles. The fraction of sp³-hybridized carbons (Fsp3) is 0.625. The lowest BCUT2D eigenvalue weighted by atomic mass is 9.81. The molecule has 3 heteroatoms. The van der Waals surface area contributed by atoms with Gasteiger partial charge in [0.25, 0.3) is 0 Å². The van der Waals surface area contributed by atoms with Crippen LogP contribution in [0, 0.1) is 11.2 Å². The van der Waals surface area contributed by atoms with Crippen molar-refractivity contribution in [3.05, 3.63) is 34.1 Å². The number of rotatable bonds is 2. The van der Waals surface area contributed by atoms with E-state index in [0.717, 1.165) is 37.7 Å².